The predicted molar refractivity (Wildman–Crippen MR) is 64.6 cm³/mol. The van der Waals surface area contributed by atoms with Gasteiger partial charge in [-0.3, -0.25) is 9.59 Å². The molecule has 100 valence electrons. The van der Waals surface area contributed by atoms with Gasteiger partial charge >= 0.3 is 0 Å². The molecule has 1 aliphatic carbocycles. The van der Waals surface area contributed by atoms with Gasteiger partial charge in [0, 0.05) is 32.1 Å². The van der Waals surface area contributed by atoms with Crippen molar-refractivity contribution in [3.05, 3.63) is 0 Å². The molecule has 1 N–H and O–H groups in total. The van der Waals surface area contributed by atoms with E-state index in [0.717, 1.165) is 32.2 Å². The smallest absolute Gasteiger partial charge is 0.227 e. The minimum Gasteiger partial charge on any atom is -0.389 e. The molecule has 0 aromatic heterocycles. The van der Waals surface area contributed by atoms with Gasteiger partial charge in [0.2, 0.25) is 11.8 Å². The number of carbonyl (C=O) groups excluding carboxylic acids is 2. The number of piperidine rings is 1. The Kier molecular flexibility index (Phi) is 3.01. The molecule has 3 fully saturated rings. The lowest BCUT2D eigenvalue weighted by Gasteiger charge is -2.40. The lowest BCUT2D eigenvalue weighted by Crippen LogP contribution is -2.57. The summed E-state index contributed by atoms with van der Waals surface area (Å²) in [5.41, 5.74) is 0. The fourth-order valence-electron chi connectivity index (χ4n) is 2.86. The Labute approximate surface area is 107 Å². The molecule has 2 amide bonds. The van der Waals surface area contributed by atoms with Gasteiger partial charge in [0.1, 0.15) is 0 Å². The molecule has 2 aliphatic heterocycles. The van der Waals surface area contributed by atoms with Gasteiger partial charge in [0.05, 0.1) is 12.0 Å². The molecule has 0 spiro atoms. The number of rotatable bonds is 2. The first-order valence-electron chi connectivity index (χ1n) is 6.91. The summed E-state index contributed by atoms with van der Waals surface area (Å²) in [6, 6.07) is 0. The highest BCUT2D eigenvalue weighted by atomic mass is 16.3. The Morgan fingerprint density at radius 2 is 1.56 bits per heavy atom. The third kappa shape index (κ3) is 2.23. The number of hydrogen-bond donors (Lipinski definition) is 1. The Bertz CT molecular complexity index is 361. The van der Waals surface area contributed by atoms with E-state index in [-0.39, 0.29) is 29.8 Å². The molecular formula is C13H20N2O3. The van der Waals surface area contributed by atoms with Crippen molar-refractivity contribution in [1.82, 2.24) is 9.80 Å². The molecule has 5 nitrogen and oxygen atoms in total. The van der Waals surface area contributed by atoms with Crippen LogP contribution in [0.3, 0.4) is 0 Å². The second-order valence-electron chi connectivity index (χ2n) is 5.79. The molecular weight excluding hydrogens is 232 g/mol. The van der Waals surface area contributed by atoms with E-state index in [0.29, 0.717) is 19.6 Å². The molecule has 3 rings (SSSR count). The number of aliphatic hydroxyl groups is 1. The summed E-state index contributed by atoms with van der Waals surface area (Å²) < 4.78 is 0. The average molecular weight is 252 g/mol. The van der Waals surface area contributed by atoms with Gasteiger partial charge < -0.3 is 14.9 Å². The van der Waals surface area contributed by atoms with E-state index in [1.807, 2.05) is 4.90 Å². The molecule has 0 aromatic rings. The molecule has 3 aliphatic rings. The van der Waals surface area contributed by atoms with Crippen LogP contribution in [0.2, 0.25) is 0 Å². The number of β-amino-alcohol motifs (C(OH)–C–C–N with tert-alkyl or cyclic N) is 1. The first-order chi connectivity index (χ1) is 8.65. The largest absolute Gasteiger partial charge is 0.389 e. The van der Waals surface area contributed by atoms with Crippen molar-refractivity contribution < 1.29 is 14.7 Å². The first kappa shape index (κ1) is 12.0. The van der Waals surface area contributed by atoms with Crippen LogP contribution < -0.4 is 0 Å². The fraction of sp³-hybridized carbons (Fsp3) is 0.846. The van der Waals surface area contributed by atoms with E-state index >= 15 is 0 Å². The molecule has 0 bridgehead atoms. The first-order valence-corrected chi connectivity index (χ1v) is 6.91. The quantitative estimate of drug-likeness (QED) is 0.743. The molecule has 18 heavy (non-hydrogen) atoms. The number of hydrogen-bond acceptors (Lipinski definition) is 3. The summed E-state index contributed by atoms with van der Waals surface area (Å²) in [6.45, 7) is 2.32. The van der Waals surface area contributed by atoms with E-state index in [1.165, 1.54) is 0 Å². The second kappa shape index (κ2) is 4.53. The Balaban J connectivity index is 1.56. The minimum atomic E-state index is -0.346. The maximum Gasteiger partial charge on any atom is 0.227 e. The van der Waals surface area contributed by atoms with Crippen LogP contribution >= 0.6 is 0 Å². The van der Waals surface area contributed by atoms with E-state index in [1.54, 1.807) is 4.90 Å². The van der Waals surface area contributed by atoms with Crippen molar-refractivity contribution in [3.8, 4) is 0 Å². The molecule has 1 atom stereocenters. The standard InChI is InChI=1S/C13H20N2O3/c16-11-7-15(8-11)13(18)10-2-1-5-14(6-10)12(17)9-3-4-9/h9-11,16H,1-8H2. The van der Waals surface area contributed by atoms with E-state index in [9.17, 15) is 14.7 Å². The lowest BCUT2D eigenvalue weighted by atomic mass is 9.94. The van der Waals surface area contributed by atoms with E-state index in [2.05, 4.69) is 0 Å². The van der Waals surface area contributed by atoms with Crippen LogP contribution in [0.15, 0.2) is 0 Å². The monoisotopic (exact) mass is 252 g/mol. The van der Waals surface area contributed by atoms with Crippen molar-refractivity contribution in [3.63, 3.8) is 0 Å². The Morgan fingerprint density at radius 1 is 0.889 bits per heavy atom. The molecule has 2 saturated heterocycles. The maximum atomic E-state index is 12.2. The molecule has 5 heteroatoms. The van der Waals surface area contributed by atoms with Crippen LogP contribution in [0.4, 0.5) is 0 Å². The number of aliphatic hydroxyl groups excluding tert-OH is 1. The SMILES string of the molecule is O=C(C1CCCN(C(=O)C2CC2)C1)N1CC(O)C1. The molecule has 1 unspecified atom stereocenters. The second-order valence-corrected chi connectivity index (χ2v) is 5.79. The zero-order chi connectivity index (χ0) is 12.7. The number of nitrogens with zero attached hydrogens (tertiary/aromatic N) is 2. The summed E-state index contributed by atoms with van der Waals surface area (Å²) in [4.78, 5) is 27.7. The number of amides is 2. The predicted octanol–water partition coefficient (Wildman–Crippen LogP) is -0.162. The molecule has 2 heterocycles. The van der Waals surface area contributed by atoms with E-state index < -0.39 is 0 Å². The van der Waals surface area contributed by atoms with Gasteiger partial charge in [-0.05, 0) is 25.7 Å². The van der Waals surface area contributed by atoms with Crippen LogP contribution in [0, 0.1) is 11.8 Å². The van der Waals surface area contributed by atoms with Crippen molar-refractivity contribution >= 4 is 11.8 Å². The van der Waals surface area contributed by atoms with Crippen molar-refractivity contribution in [2.75, 3.05) is 26.2 Å². The molecule has 0 radical (unpaired) electrons. The number of carbonyl (C=O) groups is 2. The van der Waals surface area contributed by atoms with Gasteiger partial charge in [-0.1, -0.05) is 0 Å². The van der Waals surface area contributed by atoms with Gasteiger partial charge in [-0.25, -0.2) is 0 Å². The molecule has 1 saturated carbocycles. The molecule has 0 aromatic carbocycles. The van der Waals surface area contributed by atoms with E-state index in [4.69, 9.17) is 0 Å². The van der Waals surface area contributed by atoms with Crippen LogP contribution in [0.25, 0.3) is 0 Å². The Hall–Kier alpha value is -1.10. The maximum absolute atomic E-state index is 12.2. The van der Waals surface area contributed by atoms with Crippen LogP contribution in [0.5, 0.6) is 0 Å². The third-order valence-corrected chi connectivity index (χ3v) is 4.18. The summed E-state index contributed by atoms with van der Waals surface area (Å²) >= 11 is 0. The summed E-state index contributed by atoms with van der Waals surface area (Å²) in [5, 5.41) is 9.23. The van der Waals surface area contributed by atoms with Gasteiger partial charge in [-0.2, -0.15) is 0 Å². The van der Waals surface area contributed by atoms with Crippen molar-refractivity contribution in [2.24, 2.45) is 11.8 Å². The lowest BCUT2D eigenvalue weighted by molar-refractivity contribution is -0.149. The highest BCUT2D eigenvalue weighted by molar-refractivity contribution is 5.84. The summed E-state index contributed by atoms with van der Waals surface area (Å²) in [6.07, 6.45) is 3.49. The van der Waals surface area contributed by atoms with Crippen LogP contribution in [0.1, 0.15) is 25.7 Å². The normalized spacial score (nSPS) is 29.1. The Morgan fingerprint density at radius 3 is 2.17 bits per heavy atom. The summed E-state index contributed by atoms with van der Waals surface area (Å²) in [7, 11) is 0. The van der Waals surface area contributed by atoms with Gasteiger partial charge in [-0.15, -0.1) is 0 Å². The minimum absolute atomic E-state index is 0.0473. The zero-order valence-corrected chi connectivity index (χ0v) is 10.5. The van der Waals surface area contributed by atoms with Crippen molar-refractivity contribution in [1.29, 1.82) is 0 Å². The average Bonchev–Trinajstić information content (AvgIpc) is 3.18. The highest BCUT2D eigenvalue weighted by Gasteiger charge is 2.39. The van der Waals surface area contributed by atoms with Gasteiger partial charge in [0.15, 0.2) is 0 Å². The zero-order valence-electron chi connectivity index (χ0n) is 10.5. The van der Waals surface area contributed by atoms with Crippen LogP contribution in [-0.2, 0) is 9.59 Å². The van der Waals surface area contributed by atoms with Gasteiger partial charge in [0.25, 0.3) is 0 Å². The fourth-order valence-corrected chi connectivity index (χ4v) is 2.86. The number of likely N-dealkylation sites (tertiary alicyclic amines) is 2. The highest BCUT2D eigenvalue weighted by Crippen LogP contribution is 2.33. The van der Waals surface area contributed by atoms with Crippen LogP contribution in [-0.4, -0.2) is 59.0 Å². The van der Waals surface area contributed by atoms with Crippen molar-refractivity contribution in [2.45, 2.75) is 31.8 Å². The summed E-state index contributed by atoms with van der Waals surface area (Å²) in [5.74, 6) is 0.559. The topological polar surface area (TPSA) is 60.9 Å². The third-order valence-electron chi connectivity index (χ3n) is 4.18.